The Morgan fingerprint density at radius 2 is 2.07 bits per heavy atom. The highest BCUT2D eigenvalue weighted by Gasteiger charge is 1.95. The van der Waals surface area contributed by atoms with Crippen LogP contribution in [0, 0.1) is 0 Å². The van der Waals surface area contributed by atoms with E-state index >= 15 is 0 Å². The first-order valence-electron chi connectivity index (χ1n) is 4.28. The molecule has 2 aromatic heterocycles. The van der Waals surface area contributed by atoms with Gasteiger partial charge in [-0.2, -0.15) is 0 Å². The fourth-order valence-electron chi connectivity index (χ4n) is 1.06. The van der Waals surface area contributed by atoms with Crippen molar-refractivity contribution in [3.8, 4) is 0 Å². The van der Waals surface area contributed by atoms with Gasteiger partial charge in [-0.3, -0.25) is 9.97 Å². The van der Waals surface area contributed by atoms with Gasteiger partial charge in [0, 0.05) is 37.1 Å². The number of rotatable bonds is 4. The van der Waals surface area contributed by atoms with Crippen molar-refractivity contribution in [3.05, 3.63) is 40.9 Å². The minimum Gasteiger partial charge on any atom is -0.305 e. The molecule has 14 heavy (non-hydrogen) atoms. The number of nitrogens with one attached hydrogen (secondary N) is 1. The molecule has 5 heteroatoms. The van der Waals surface area contributed by atoms with E-state index in [4.69, 9.17) is 0 Å². The van der Waals surface area contributed by atoms with Gasteiger partial charge in [-0.15, -0.1) is 11.3 Å². The van der Waals surface area contributed by atoms with Gasteiger partial charge in [0.15, 0.2) is 0 Å². The molecule has 1 N–H and O–H groups in total. The van der Waals surface area contributed by atoms with Crippen molar-refractivity contribution in [2.24, 2.45) is 0 Å². The molecule has 0 unspecified atom stereocenters. The number of hydrogen-bond acceptors (Lipinski definition) is 5. The van der Waals surface area contributed by atoms with Gasteiger partial charge >= 0.3 is 0 Å². The molecule has 0 saturated heterocycles. The topological polar surface area (TPSA) is 50.7 Å². The van der Waals surface area contributed by atoms with Gasteiger partial charge in [0.2, 0.25) is 0 Å². The van der Waals surface area contributed by atoms with Crippen LogP contribution in [0.1, 0.15) is 11.4 Å². The zero-order valence-electron chi connectivity index (χ0n) is 7.55. The summed E-state index contributed by atoms with van der Waals surface area (Å²) in [4.78, 5) is 12.3. The molecule has 0 aliphatic carbocycles. The molecule has 0 amide bonds. The zero-order chi connectivity index (χ0) is 9.64. The molecule has 0 aliphatic rings. The molecule has 72 valence electrons. The standard InChI is InChI=1S/C9H10N4S/c1-2-12-8(3-10-1)4-11-5-9-6-14-7-13-9/h1-3,6-7,11H,4-5H2. The third-order valence-electron chi connectivity index (χ3n) is 1.71. The monoisotopic (exact) mass is 206 g/mol. The summed E-state index contributed by atoms with van der Waals surface area (Å²) in [5, 5.41) is 5.28. The summed E-state index contributed by atoms with van der Waals surface area (Å²) in [6, 6.07) is 0. The first-order valence-corrected chi connectivity index (χ1v) is 5.22. The molecule has 2 heterocycles. The third-order valence-corrected chi connectivity index (χ3v) is 2.35. The number of hydrogen-bond donors (Lipinski definition) is 1. The molecule has 0 aromatic carbocycles. The average molecular weight is 206 g/mol. The normalized spacial score (nSPS) is 10.3. The van der Waals surface area contributed by atoms with Crippen molar-refractivity contribution in [3.63, 3.8) is 0 Å². The molecule has 0 atom stereocenters. The highest BCUT2D eigenvalue weighted by Crippen LogP contribution is 2.00. The van der Waals surface area contributed by atoms with Gasteiger partial charge in [-0.25, -0.2) is 4.98 Å². The molecule has 4 nitrogen and oxygen atoms in total. The molecule has 2 aromatic rings. The third kappa shape index (κ3) is 2.58. The van der Waals surface area contributed by atoms with Crippen LogP contribution in [-0.2, 0) is 13.1 Å². The van der Waals surface area contributed by atoms with E-state index < -0.39 is 0 Å². The Balaban J connectivity index is 1.79. The lowest BCUT2D eigenvalue weighted by Gasteiger charge is -2.00. The maximum atomic E-state index is 4.17. The van der Waals surface area contributed by atoms with E-state index in [1.165, 1.54) is 0 Å². The lowest BCUT2D eigenvalue weighted by Crippen LogP contribution is -2.13. The van der Waals surface area contributed by atoms with Crippen LogP contribution in [0.5, 0.6) is 0 Å². The molecular formula is C9H10N4S. The fourth-order valence-corrected chi connectivity index (χ4v) is 1.62. The Hall–Kier alpha value is -1.33. The smallest absolute Gasteiger partial charge is 0.0795 e. The average Bonchev–Trinajstić information content (AvgIpc) is 2.72. The number of nitrogens with zero attached hydrogens (tertiary/aromatic N) is 3. The Labute approximate surface area is 86.1 Å². The van der Waals surface area contributed by atoms with Gasteiger partial charge < -0.3 is 5.32 Å². The SMILES string of the molecule is c1cnc(CNCc2cscn2)cn1. The molecular weight excluding hydrogens is 196 g/mol. The van der Waals surface area contributed by atoms with Crippen LogP contribution in [0.15, 0.2) is 29.5 Å². The highest BCUT2D eigenvalue weighted by atomic mass is 32.1. The Bertz CT molecular complexity index is 360. The summed E-state index contributed by atoms with van der Waals surface area (Å²) in [7, 11) is 0. The van der Waals surface area contributed by atoms with Crippen LogP contribution in [-0.4, -0.2) is 15.0 Å². The molecule has 0 bridgehead atoms. The van der Waals surface area contributed by atoms with Crippen molar-refractivity contribution < 1.29 is 0 Å². The van der Waals surface area contributed by atoms with Crippen LogP contribution in [0.3, 0.4) is 0 Å². The summed E-state index contributed by atoms with van der Waals surface area (Å²) in [6.45, 7) is 1.51. The molecule has 0 spiro atoms. The summed E-state index contributed by atoms with van der Waals surface area (Å²) in [5.74, 6) is 0. The van der Waals surface area contributed by atoms with E-state index in [0.29, 0.717) is 0 Å². The Morgan fingerprint density at radius 1 is 1.14 bits per heavy atom. The Morgan fingerprint density at radius 3 is 2.79 bits per heavy atom. The Kier molecular flexibility index (Phi) is 3.15. The fraction of sp³-hybridized carbons (Fsp3) is 0.222. The molecule has 0 radical (unpaired) electrons. The van der Waals surface area contributed by atoms with E-state index in [0.717, 1.165) is 24.5 Å². The summed E-state index contributed by atoms with van der Waals surface area (Å²) < 4.78 is 0. The molecule has 0 saturated carbocycles. The first-order chi connectivity index (χ1) is 6.95. The van der Waals surface area contributed by atoms with Gasteiger partial charge in [0.25, 0.3) is 0 Å². The second-order valence-electron chi connectivity index (χ2n) is 2.78. The van der Waals surface area contributed by atoms with Crippen molar-refractivity contribution in [1.82, 2.24) is 20.3 Å². The minimum absolute atomic E-state index is 0.728. The zero-order valence-corrected chi connectivity index (χ0v) is 8.37. The number of aromatic nitrogens is 3. The lowest BCUT2D eigenvalue weighted by atomic mass is 10.4. The van der Waals surface area contributed by atoms with Crippen molar-refractivity contribution in [2.75, 3.05) is 0 Å². The van der Waals surface area contributed by atoms with Crippen LogP contribution in [0.4, 0.5) is 0 Å². The van der Waals surface area contributed by atoms with Gasteiger partial charge in [-0.05, 0) is 0 Å². The van der Waals surface area contributed by atoms with E-state index in [9.17, 15) is 0 Å². The second-order valence-corrected chi connectivity index (χ2v) is 3.50. The first kappa shape index (κ1) is 9.23. The van der Waals surface area contributed by atoms with Crippen molar-refractivity contribution >= 4 is 11.3 Å². The van der Waals surface area contributed by atoms with E-state index in [1.54, 1.807) is 29.9 Å². The quantitative estimate of drug-likeness (QED) is 0.817. The van der Waals surface area contributed by atoms with Crippen LogP contribution >= 0.6 is 11.3 Å². The maximum Gasteiger partial charge on any atom is 0.0795 e. The van der Waals surface area contributed by atoms with Crippen LogP contribution in [0.2, 0.25) is 0 Å². The maximum absolute atomic E-state index is 4.17. The van der Waals surface area contributed by atoms with Gasteiger partial charge in [0.05, 0.1) is 16.9 Å². The summed E-state index contributed by atoms with van der Waals surface area (Å²) >= 11 is 1.61. The molecule has 0 fully saturated rings. The lowest BCUT2D eigenvalue weighted by molar-refractivity contribution is 0.667. The summed E-state index contributed by atoms with van der Waals surface area (Å²) in [6.07, 6.45) is 5.12. The van der Waals surface area contributed by atoms with Crippen molar-refractivity contribution in [2.45, 2.75) is 13.1 Å². The van der Waals surface area contributed by atoms with E-state index in [-0.39, 0.29) is 0 Å². The molecule has 0 aliphatic heterocycles. The van der Waals surface area contributed by atoms with Crippen LogP contribution < -0.4 is 5.32 Å². The largest absolute Gasteiger partial charge is 0.305 e. The summed E-state index contributed by atoms with van der Waals surface area (Å²) in [5.41, 5.74) is 3.85. The number of thiazole rings is 1. The predicted octanol–water partition coefficient (Wildman–Crippen LogP) is 1.22. The van der Waals surface area contributed by atoms with E-state index in [1.807, 2.05) is 10.9 Å². The van der Waals surface area contributed by atoms with E-state index in [2.05, 4.69) is 20.3 Å². The van der Waals surface area contributed by atoms with Gasteiger partial charge in [-0.1, -0.05) is 0 Å². The molecule has 2 rings (SSSR count). The minimum atomic E-state index is 0.728. The van der Waals surface area contributed by atoms with Crippen LogP contribution in [0.25, 0.3) is 0 Å². The van der Waals surface area contributed by atoms with Crippen molar-refractivity contribution in [1.29, 1.82) is 0 Å². The predicted molar refractivity (Wildman–Crippen MR) is 54.7 cm³/mol. The highest BCUT2D eigenvalue weighted by molar-refractivity contribution is 7.07. The second kappa shape index (κ2) is 4.78. The van der Waals surface area contributed by atoms with Gasteiger partial charge in [0.1, 0.15) is 0 Å².